The smallest absolute Gasteiger partial charge is 0.258 e. The molecule has 0 saturated carbocycles. The van der Waals surface area contributed by atoms with E-state index in [1.54, 1.807) is 4.90 Å². The van der Waals surface area contributed by atoms with Gasteiger partial charge in [-0.15, -0.1) is 0 Å². The zero-order valence-corrected chi connectivity index (χ0v) is 12.3. The first-order valence-electron chi connectivity index (χ1n) is 7.14. The molecule has 2 aromatic carbocycles. The summed E-state index contributed by atoms with van der Waals surface area (Å²) in [5.74, 6) is 0.0335. The van der Waals surface area contributed by atoms with Crippen LogP contribution in [0.1, 0.15) is 22.8 Å². The maximum absolute atomic E-state index is 12.8. The normalized spacial score (nSPS) is 10.8. The second-order valence-electron chi connectivity index (χ2n) is 5.17. The van der Waals surface area contributed by atoms with Gasteiger partial charge in [0.15, 0.2) is 0 Å². The lowest BCUT2D eigenvalue weighted by atomic mass is 10.1. The summed E-state index contributed by atoms with van der Waals surface area (Å²) in [6.45, 7) is 4.68. The van der Waals surface area contributed by atoms with E-state index in [0.29, 0.717) is 12.1 Å². The molecule has 106 valence electrons. The Hall–Kier alpha value is -2.55. The van der Waals surface area contributed by atoms with E-state index in [2.05, 4.69) is 4.98 Å². The number of aromatic amines is 1. The van der Waals surface area contributed by atoms with Crippen molar-refractivity contribution in [1.29, 1.82) is 0 Å². The first-order chi connectivity index (χ1) is 10.2. The fraction of sp³-hybridized carbons (Fsp3) is 0.167. The van der Waals surface area contributed by atoms with Crippen LogP contribution in [0, 0.1) is 6.92 Å². The van der Waals surface area contributed by atoms with Crippen LogP contribution in [-0.2, 0) is 0 Å². The lowest BCUT2D eigenvalue weighted by molar-refractivity contribution is 0.0988. The van der Waals surface area contributed by atoms with Crippen molar-refractivity contribution in [2.24, 2.45) is 0 Å². The summed E-state index contributed by atoms with van der Waals surface area (Å²) in [6.07, 6.45) is 1.89. The molecule has 0 saturated heterocycles. The van der Waals surface area contributed by atoms with Crippen LogP contribution in [0.2, 0.25) is 0 Å². The average molecular weight is 278 g/mol. The molecule has 3 rings (SSSR count). The number of hydrogen-bond acceptors (Lipinski definition) is 1. The minimum absolute atomic E-state index is 0.0335. The molecule has 3 aromatic rings. The lowest BCUT2D eigenvalue weighted by Gasteiger charge is -2.21. The van der Waals surface area contributed by atoms with Crippen LogP contribution in [0.25, 0.3) is 10.9 Å². The van der Waals surface area contributed by atoms with Crippen molar-refractivity contribution in [1.82, 2.24) is 4.98 Å². The van der Waals surface area contributed by atoms with Crippen LogP contribution in [0.15, 0.2) is 54.7 Å². The largest absolute Gasteiger partial charge is 0.361 e. The lowest BCUT2D eigenvalue weighted by Crippen LogP contribution is -2.30. The fourth-order valence-corrected chi connectivity index (χ4v) is 2.58. The van der Waals surface area contributed by atoms with Crippen molar-refractivity contribution < 1.29 is 4.79 Å². The zero-order chi connectivity index (χ0) is 14.8. The summed E-state index contributed by atoms with van der Waals surface area (Å²) in [4.78, 5) is 17.7. The molecule has 1 aromatic heterocycles. The summed E-state index contributed by atoms with van der Waals surface area (Å²) in [5.41, 5.74) is 3.85. The highest BCUT2D eigenvalue weighted by molar-refractivity contribution is 6.07. The molecule has 0 atom stereocenters. The standard InChI is InChI=1S/C18H18N2O/c1-3-20(16-6-4-5-13(2)11-16)18(21)15-7-8-17-14(12-15)9-10-19-17/h4-12,19H,3H2,1-2H3. The molecule has 0 aliphatic rings. The van der Waals surface area contributed by atoms with Gasteiger partial charge in [0.2, 0.25) is 0 Å². The number of amides is 1. The predicted octanol–water partition coefficient (Wildman–Crippen LogP) is 4.14. The molecule has 0 aliphatic carbocycles. The molecular formula is C18H18N2O. The summed E-state index contributed by atoms with van der Waals surface area (Å²) < 4.78 is 0. The van der Waals surface area contributed by atoms with Crippen molar-refractivity contribution in [3.63, 3.8) is 0 Å². The van der Waals surface area contributed by atoms with Gasteiger partial charge < -0.3 is 9.88 Å². The highest BCUT2D eigenvalue weighted by Crippen LogP contribution is 2.21. The third kappa shape index (κ3) is 2.55. The van der Waals surface area contributed by atoms with Crippen LogP contribution in [0.4, 0.5) is 5.69 Å². The molecule has 0 aliphatic heterocycles. The van der Waals surface area contributed by atoms with Gasteiger partial charge in [-0.1, -0.05) is 12.1 Å². The van der Waals surface area contributed by atoms with Gasteiger partial charge in [0.05, 0.1) is 0 Å². The molecule has 0 fully saturated rings. The Bertz CT molecular complexity index is 789. The Kier molecular flexibility index (Phi) is 3.48. The quantitative estimate of drug-likeness (QED) is 0.768. The van der Waals surface area contributed by atoms with E-state index < -0.39 is 0 Å². The van der Waals surface area contributed by atoms with Crippen molar-refractivity contribution in [2.45, 2.75) is 13.8 Å². The molecule has 1 amide bonds. The minimum Gasteiger partial charge on any atom is -0.361 e. The van der Waals surface area contributed by atoms with E-state index in [0.717, 1.165) is 22.2 Å². The van der Waals surface area contributed by atoms with Crippen molar-refractivity contribution in [2.75, 3.05) is 11.4 Å². The monoisotopic (exact) mass is 278 g/mol. The second kappa shape index (κ2) is 5.44. The van der Waals surface area contributed by atoms with Crippen LogP contribution < -0.4 is 4.90 Å². The molecule has 21 heavy (non-hydrogen) atoms. The van der Waals surface area contributed by atoms with Gasteiger partial charge in [-0.3, -0.25) is 4.79 Å². The summed E-state index contributed by atoms with van der Waals surface area (Å²) in [6, 6.07) is 15.8. The maximum atomic E-state index is 12.8. The summed E-state index contributed by atoms with van der Waals surface area (Å²) >= 11 is 0. The van der Waals surface area contributed by atoms with Gasteiger partial charge in [0, 0.05) is 34.9 Å². The third-order valence-electron chi connectivity index (χ3n) is 3.67. The fourth-order valence-electron chi connectivity index (χ4n) is 2.58. The number of nitrogens with one attached hydrogen (secondary N) is 1. The van der Waals surface area contributed by atoms with Gasteiger partial charge in [-0.25, -0.2) is 0 Å². The van der Waals surface area contributed by atoms with Gasteiger partial charge in [0.1, 0.15) is 0 Å². The Morgan fingerprint density at radius 3 is 2.76 bits per heavy atom. The van der Waals surface area contributed by atoms with Gasteiger partial charge in [0.25, 0.3) is 5.91 Å². The van der Waals surface area contributed by atoms with Crippen LogP contribution >= 0.6 is 0 Å². The van der Waals surface area contributed by atoms with E-state index in [1.165, 1.54) is 0 Å². The van der Waals surface area contributed by atoms with Gasteiger partial charge >= 0.3 is 0 Å². The average Bonchev–Trinajstić information content (AvgIpc) is 2.95. The number of carbonyl (C=O) groups is 1. The van der Waals surface area contributed by atoms with Gasteiger partial charge in [-0.05, 0) is 55.8 Å². The highest BCUT2D eigenvalue weighted by Gasteiger charge is 2.16. The third-order valence-corrected chi connectivity index (χ3v) is 3.67. The number of fused-ring (bicyclic) bond motifs is 1. The predicted molar refractivity (Wildman–Crippen MR) is 86.8 cm³/mol. The molecule has 0 spiro atoms. The number of carbonyl (C=O) groups excluding carboxylic acids is 1. The number of nitrogens with zero attached hydrogens (tertiary/aromatic N) is 1. The van der Waals surface area contributed by atoms with Crippen molar-refractivity contribution in [3.05, 3.63) is 65.9 Å². The number of H-pyrrole nitrogens is 1. The zero-order valence-electron chi connectivity index (χ0n) is 12.3. The van der Waals surface area contributed by atoms with E-state index in [9.17, 15) is 4.79 Å². The number of aryl methyl sites for hydroxylation is 1. The van der Waals surface area contributed by atoms with Crippen LogP contribution in [-0.4, -0.2) is 17.4 Å². The molecular weight excluding hydrogens is 260 g/mol. The van der Waals surface area contributed by atoms with Gasteiger partial charge in [-0.2, -0.15) is 0 Å². The highest BCUT2D eigenvalue weighted by atomic mass is 16.2. The minimum atomic E-state index is 0.0335. The topological polar surface area (TPSA) is 36.1 Å². The molecule has 1 heterocycles. The number of rotatable bonds is 3. The molecule has 0 radical (unpaired) electrons. The molecule has 3 heteroatoms. The van der Waals surface area contributed by atoms with E-state index in [1.807, 2.05) is 68.6 Å². The molecule has 3 nitrogen and oxygen atoms in total. The maximum Gasteiger partial charge on any atom is 0.258 e. The van der Waals surface area contributed by atoms with Crippen LogP contribution in [0.3, 0.4) is 0 Å². The Labute approximate surface area is 124 Å². The Morgan fingerprint density at radius 1 is 1.14 bits per heavy atom. The van der Waals surface area contributed by atoms with E-state index >= 15 is 0 Å². The molecule has 0 bridgehead atoms. The Morgan fingerprint density at radius 2 is 2.00 bits per heavy atom. The number of benzene rings is 2. The molecule has 0 unspecified atom stereocenters. The van der Waals surface area contributed by atoms with E-state index in [-0.39, 0.29) is 5.91 Å². The second-order valence-corrected chi connectivity index (χ2v) is 5.17. The first kappa shape index (κ1) is 13.4. The van der Waals surface area contributed by atoms with Crippen molar-refractivity contribution in [3.8, 4) is 0 Å². The number of anilines is 1. The molecule has 1 N–H and O–H groups in total. The summed E-state index contributed by atoms with van der Waals surface area (Å²) in [5, 5.41) is 1.06. The van der Waals surface area contributed by atoms with Crippen molar-refractivity contribution >= 4 is 22.5 Å². The first-order valence-corrected chi connectivity index (χ1v) is 7.14. The Balaban J connectivity index is 1.98. The van der Waals surface area contributed by atoms with Crippen LogP contribution in [0.5, 0.6) is 0 Å². The van der Waals surface area contributed by atoms with E-state index in [4.69, 9.17) is 0 Å². The number of hydrogen-bond donors (Lipinski definition) is 1. The summed E-state index contributed by atoms with van der Waals surface area (Å²) in [7, 11) is 0. The number of aromatic nitrogens is 1. The SMILES string of the molecule is CCN(C(=O)c1ccc2[nH]ccc2c1)c1cccc(C)c1.